The van der Waals surface area contributed by atoms with E-state index in [1.807, 2.05) is 0 Å². The van der Waals surface area contributed by atoms with Gasteiger partial charge in [0.15, 0.2) is 12.4 Å². The first-order valence-corrected chi connectivity index (χ1v) is 14.8. The first-order chi connectivity index (χ1) is 12.8. The van der Waals surface area contributed by atoms with Crippen molar-refractivity contribution in [3.8, 4) is 0 Å². The van der Waals surface area contributed by atoms with E-state index in [-0.39, 0.29) is 0 Å². The van der Waals surface area contributed by atoms with Crippen LogP contribution in [0.2, 0.25) is 0 Å². The minimum Gasteiger partial charge on any atom is -0.353 e. The largest absolute Gasteiger partial charge is 0.353 e. The minimum absolute atomic E-state index is 0.612. The Labute approximate surface area is 169 Å². The molecule has 5 unspecified atom stereocenters. The van der Waals surface area contributed by atoms with E-state index in [9.17, 15) is 33.7 Å². The van der Waals surface area contributed by atoms with Gasteiger partial charge in [-0.05, 0) is 0 Å². The van der Waals surface area contributed by atoms with E-state index in [2.05, 4.69) is 4.18 Å². The van der Waals surface area contributed by atoms with E-state index < -0.39 is 77.8 Å². The molecule has 0 spiro atoms. The molecule has 1 aliphatic rings. The van der Waals surface area contributed by atoms with Crippen LogP contribution < -0.4 is 0 Å². The molecule has 0 amide bonds. The van der Waals surface area contributed by atoms with Crippen molar-refractivity contribution in [1.82, 2.24) is 0 Å². The zero-order valence-electron chi connectivity index (χ0n) is 15.9. The molecular weight excluding hydrogens is 484 g/mol. The fourth-order valence-electron chi connectivity index (χ4n) is 2.33. The molecule has 0 aromatic carbocycles. The zero-order chi connectivity index (χ0) is 22.8. The smallest absolute Gasteiger partial charge is 0.264 e. The van der Waals surface area contributed by atoms with Crippen molar-refractivity contribution in [2.75, 3.05) is 38.7 Å². The van der Waals surface area contributed by atoms with Crippen LogP contribution in [-0.2, 0) is 66.7 Å². The highest BCUT2D eigenvalue weighted by Gasteiger charge is 2.53. The first kappa shape index (κ1) is 26.6. The molecule has 1 heterocycles. The van der Waals surface area contributed by atoms with Crippen molar-refractivity contribution in [3.05, 3.63) is 0 Å². The molecule has 0 aromatic rings. The second kappa shape index (κ2) is 9.37. The standard InChI is InChI=1S/C11H22O14S4/c1-20-11-10(25-29(5,18)19)9(24-28(4,16)17)8(23-27(3,14)15)7(22-11)6-21-26(2,12)13/h7-11H,6H2,1-5H3. The number of hydrogen-bond acceptors (Lipinski definition) is 14. The second-order valence-electron chi connectivity index (χ2n) is 6.06. The van der Waals surface area contributed by atoms with Crippen LogP contribution in [0.15, 0.2) is 0 Å². The summed E-state index contributed by atoms with van der Waals surface area (Å²) in [5.41, 5.74) is 0. The Hall–Kier alpha value is -0.440. The molecule has 0 saturated carbocycles. The lowest BCUT2D eigenvalue weighted by Gasteiger charge is -2.43. The zero-order valence-corrected chi connectivity index (χ0v) is 19.2. The normalized spacial score (nSPS) is 29.6. The number of ether oxygens (including phenoxy) is 2. The molecule has 1 fully saturated rings. The lowest BCUT2D eigenvalue weighted by molar-refractivity contribution is -0.276. The Morgan fingerprint density at radius 2 is 1.07 bits per heavy atom. The summed E-state index contributed by atoms with van der Waals surface area (Å²) in [7, 11) is -15.8. The molecule has 14 nitrogen and oxygen atoms in total. The van der Waals surface area contributed by atoms with Gasteiger partial charge in [-0.25, -0.2) is 0 Å². The summed E-state index contributed by atoms with van der Waals surface area (Å²) < 4.78 is 122. The van der Waals surface area contributed by atoms with Crippen LogP contribution in [0, 0.1) is 0 Å². The maximum absolute atomic E-state index is 11.7. The molecule has 0 aliphatic carbocycles. The summed E-state index contributed by atoms with van der Waals surface area (Å²) in [4.78, 5) is 0. The molecule has 5 atom stereocenters. The van der Waals surface area contributed by atoms with Gasteiger partial charge < -0.3 is 9.47 Å². The van der Waals surface area contributed by atoms with E-state index in [4.69, 9.17) is 22.0 Å². The van der Waals surface area contributed by atoms with Crippen LogP contribution in [0.1, 0.15) is 0 Å². The van der Waals surface area contributed by atoms with Crippen molar-refractivity contribution < 1.29 is 59.9 Å². The summed E-state index contributed by atoms with van der Waals surface area (Å²) in [6.07, 6.45) is -6.25. The topological polar surface area (TPSA) is 192 Å². The van der Waals surface area contributed by atoms with Gasteiger partial charge in [-0.15, -0.1) is 0 Å². The van der Waals surface area contributed by atoms with Crippen molar-refractivity contribution in [1.29, 1.82) is 0 Å². The number of rotatable bonds is 10. The Balaban J connectivity index is 3.49. The highest BCUT2D eigenvalue weighted by molar-refractivity contribution is 7.86. The van der Waals surface area contributed by atoms with Gasteiger partial charge in [0.25, 0.3) is 40.5 Å². The summed E-state index contributed by atoms with van der Waals surface area (Å²) in [6, 6.07) is 0. The Morgan fingerprint density at radius 3 is 1.45 bits per heavy atom. The summed E-state index contributed by atoms with van der Waals surface area (Å²) in [5, 5.41) is 0. The van der Waals surface area contributed by atoms with Gasteiger partial charge in [0, 0.05) is 7.11 Å². The van der Waals surface area contributed by atoms with Crippen molar-refractivity contribution in [2.24, 2.45) is 0 Å². The SMILES string of the molecule is COC1OC(COS(C)(=O)=O)C(OS(C)(=O)=O)C(OS(C)(=O)=O)C1OS(C)(=O)=O. The van der Waals surface area contributed by atoms with Crippen molar-refractivity contribution in [3.63, 3.8) is 0 Å². The van der Waals surface area contributed by atoms with Crippen LogP contribution in [0.4, 0.5) is 0 Å². The van der Waals surface area contributed by atoms with Crippen molar-refractivity contribution >= 4 is 40.5 Å². The van der Waals surface area contributed by atoms with Gasteiger partial charge in [0.2, 0.25) is 0 Å². The number of methoxy groups -OCH3 is 1. The molecule has 1 saturated heterocycles. The highest BCUT2D eigenvalue weighted by Crippen LogP contribution is 2.31. The van der Waals surface area contributed by atoms with Crippen LogP contribution >= 0.6 is 0 Å². The van der Waals surface area contributed by atoms with Gasteiger partial charge in [-0.1, -0.05) is 0 Å². The second-order valence-corrected chi connectivity index (χ2v) is 12.5. The van der Waals surface area contributed by atoms with Gasteiger partial charge in [0.1, 0.15) is 18.3 Å². The van der Waals surface area contributed by atoms with Gasteiger partial charge in [0.05, 0.1) is 31.6 Å². The van der Waals surface area contributed by atoms with Gasteiger partial charge in [-0.3, -0.25) is 16.7 Å². The van der Waals surface area contributed by atoms with Crippen LogP contribution in [-0.4, -0.2) is 103 Å². The maximum Gasteiger partial charge on any atom is 0.264 e. The molecule has 0 bridgehead atoms. The minimum atomic E-state index is -4.32. The predicted molar refractivity (Wildman–Crippen MR) is 95.6 cm³/mol. The average molecular weight is 507 g/mol. The molecule has 1 rings (SSSR count). The Morgan fingerprint density at radius 1 is 0.655 bits per heavy atom. The van der Waals surface area contributed by atoms with E-state index in [1.54, 1.807) is 0 Å². The lowest BCUT2D eigenvalue weighted by Crippen LogP contribution is -2.62. The van der Waals surface area contributed by atoms with E-state index >= 15 is 0 Å². The van der Waals surface area contributed by atoms with Crippen molar-refractivity contribution in [2.45, 2.75) is 30.7 Å². The fraction of sp³-hybridized carbons (Fsp3) is 1.00. The quantitative estimate of drug-likeness (QED) is 0.279. The van der Waals surface area contributed by atoms with Crippen LogP contribution in [0.3, 0.4) is 0 Å². The van der Waals surface area contributed by atoms with Crippen LogP contribution in [0.5, 0.6) is 0 Å². The molecule has 0 N–H and O–H groups in total. The highest BCUT2D eigenvalue weighted by atomic mass is 32.2. The Kier molecular flexibility index (Phi) is 8.59. The molecule has 1 aliphatic heterocycles. The van der Waals surface area contributed by atoms with Crippen LogP contribution in [0.25, 0.3) is 0 Å². The molecule has 0 radical (unpaired) electrons. The monoisotopic (exact) mass is 506 g/mol. The molecular formula is C11H22O14S4. The molecule has 0 aromatic heterocycles. The summed E-state index contributed by atoms with van der Waals surface area (Å²) in [6.45, 7) is -0.825. The molecule has 174 valence electrons. The average Bonchev–Trinajstić information content (AvgIpc) is 2.44. The summed E-state index contributed by atoms with van der Waals surface area (Å²) in [5.74, 6) is 0. The van der Waals surface area contributed by atoms with E-state index in [0.717, 1.165) is 7.11 Å². The van der Waals surface area contributed by atoms with E-state index in [1.165, 1.54) is 0 Å². The van der Waals surface area contributed by atoms with Gasteiger partial charge >= 0.3 is 0 Å². The molecule has 29 heavy (non-hydrogen) atoms. The first-order valence-electron chi connectivity index (χ1n) is 7.49. The van der Waals surface area contributed by atoms with Gasteiger partial charge in [-0.2, -0.15) is 33.7 Å². The van der Waals surface area contributed by atoms with E-state index in [0.29, 0.717) is 25.0 Å². The lowest BCUT2D eigenvalue weighted by atomic mass is 9.99. The third-order valence-corrected chi connectivity index (χ3v) is 5.41. The fourth-order valence-corrected chi connectivity index (χ4v) is 4.57. The molecule has 18 heteroatoms. The maximum atomic E-state index is 11.7. The third-order valence-electron chi connectivity index (χ3n) is 3.13. The number of hydrogen-bond donors (Lipinski definition) is 0. The third kappa shape index (κ3) is 9.94. The predicted octanol–water partition coefficient (Wildman–Crippen LogP) is -2.63. The Bertz CT molecular complexity index is 980. The summed E-state index contributed by atoms with van der Waals surface area (Å²) >= 11 is 0.